The van der Waals surface area contributed by atoms with Gasteiger partial charge in [-0.15, -0.1) is 11.3 Å². The highest BCUT2D eigenvalue weighted by atomic mass is 32.1. The molecule has 2 heterocycles. The Morgan fingerprint density at radius 1 is 1.23 bits per heavy atom. The van der Waals surface area contributed by atoms with E-state index in [0.717, 1.165) is 0 Å². The van der Waals surface area contributed by atoms with Crippen molar-refractivity contribution in [2.24, 2.45) is 0 Å². The van der Waals surface area contributed by atoms with Crippen molar-refractivity contribution in [1.29, 1.82) is 0 Å². The fraction of sp³-hybridized carbons (Fsp3) is 0.0625. The minimum Gasteiger partial charge on any atom is -0.465 e. The third-order valence-electron chi connectivity index (χ3n) is 2.95. The van der Waals surface area contributed by atoms with Gasteiger partial charge in [-0.1, -0.05) is 0 Å². The predicted molar refractivity (Wildman–Crippen MR) is 79.8 cm³/mol. The molecule has 22 heavy (non-hydrogen) atoms. The molecule has 0 amide bonds. The molecule has 0 aliphatic rings. The summed E-state index contributed by atoms with van der Waals surface area (Å²) in [5, 5.41) is 1.72. The lowest BCUT2D eigenvalue weighted by atomic mass is 10.1. The first kappa shape index (κ1) is 14.3. The van der Waals surface area contributed by atoms with Crippen LogP contribution in [0.2, 0.25) is 0 Å². The van der Waals surface area contributed by atoms with Crippen LogP contribution in [0.4, 0.5) is 4.39 Å². The number of hydrogen-bond acceptors (Lipinski definition) is 5. The number of esters is 1. The molecule has 2 aromatic heterocycles. The van der Waals surface area contributed by atoms with Gasteiger partial charge in [0.2, 0.25) is 0 Å². The Morgan fingerprint density at radius 2 is 2.09 bits per heavy atom. The highest BCUT2D eigenvalue weighted by molar-refractivity contribution is 7.12. The van der Waals surface area contributed by atoms with Gasteiger partial charge in [0.15, 0.2) is 10.6 Å². The number of carbonyl (C=O) groups is 1. The number of benzene rings is 1. The number of rotatable bonds is 4. The molecule has 0 atom stereocenters. The largest absolute Gasteiger partial charge is 0.465 e. The molecular weight excluding hydrogens is 307 g/mol. The molecule has 0 bridgehead atoms. The van der Waals surface area contributed by atoms with Crippen LogP contribution in [-0.4, -0.2) is 13.1 Å². The molecule has 0 unspecified atom stereocenters. The highest BCUT2D eigenvalue weighted by Crippen LogP contribution is 2.37. The summed E-state index contributed by atoms with van der Waals surface area (Å²) in [6.07, 6.45) is 1.49. The van der Waals surface area contributed by atoms with Crippen LogP contribution >= 0.6 is 11.3 Å². The molecule has 0 saturated heterocycles. The lowest BCUT2D eigenvalue weighted by Gasteiger charge is -2.10. The number of halogens is 1. The maximum Gasteiger partial charge on any atom is 0.351 e. The van der Waals surface area contributed by atoms with Gasteiger partial charge in [-0.25, -0.2) is 9.18 Å². The smallest absolute Gasteiger partial charge is 0.351 e. The summed E-state index contributed by atoms with van der Waals surface area (Å²) in [5.41, 5.74) is 0.465. The topological polar surface area (TPSA) is 48.7 Å². The molecular formula is C16H11FO4S. The van der Waals surface area contributed by atoms with Crippen molar-refractivity contribution < 1.29 is 23.1 Å². The fourth-order valence-corrected chi connectivity index (χ4v) is 2.69. The van der Waals surface area contributed by atoms with E-state index < -0.39 is 11.8 Å². The van der Waals surface area contributed by atoms with Crippen molar-refractivity contribution in [1.82, 2.24) is 0 Å². The number of furan rings is 1. The van der Waals surface area contributed by atoms with Gasteiger partial charge in [-0.05, 0) is 41.8 Å². The van der Waals surface area contributed by atoms with Gasteiger partial charge in [0.1, 0.15) is 17.3 Å². The molecule has 6 heteroatoms. The Bertz CT molecular complexity index is 792. The van der Waals surface area contributed by atoms with Gasteiger partial charge in [0, 0.05) is 0 Å². The maximum atomic E-state index is 13.5. The molecule has 0 saturated carbocycles. The molecule has 3 aromatic rings. The van der Waals surface area contributed by atoms with Crippen molar-refractivity contribution in [2.45, 2.75) is 0 Å². The van der Waals surface area contributed by atoms with E-state index in [9.17, 15) is 9.18 Å². The third-order valence-corrected chi connectivity index (χ3v) is 3.82. The highest BCUT2D eigenvalue weighted by Gasteiger charge is 2.18. The van der Waals surface area contributed by atoms with Crippen LogP contribution in [-0.2, 0) is 4.74 Å². The SMILES string of the molecule is COC(=O)c1sccc1Oc1ccc(F)cc1-c1ccco1. The maximum absolute atomic E-state index is 13.5. The summed E-state index contributed by atoms with van der Waals surface area (Å²) in [5.74, 6) is 0.337. The van der Waals surface area contributed by atoms with Crippen molar-refractivity contribution >= 4 is 17.3 Å². The van der Waals surface area contributed by atoms with Gasteiger partial charge in [-0.2, -0.15) is 0 Å². The van der Waals surface area contributed by atoms with Crippen LogP contribution in [0.1, 0.15) is 9.67 Å². The Balaban J connectivity index is 2.00. The number of methoxy groups -OCH3 is 1. The second-order valence-electron chi connectivity index (χ2n) is 4.33. The predicted octanol–water partition coefficient (Wildman–Crippen LogP) is 4.73. The molecule has 1 aromatic carbocycles. The van der Waals surface area contributed by atoms with Crippen molar-refractivity contribution in [3.05, 3.63) is 58.7 Å². The van der Waals surface area contributed by atoms with E-state index in [2.05, 4.69) is 0 Å². The normalized spacial score (nSPS) is 10.5. The van der Waals surface area contributed by atoms with E-state index in [1.807, 2.05) is 0 Å². The van der Waals surface area contributed by atoms with Crippen LogP contribution < -0.4 is 4.74 Å². The Hall–Kier alpha value is -2.60. The second-order valence-corrected chi connectivity index (χ2v) is 5.24. The molecule has 0 aliphatic carbocycles. The molecule has 0 radical (unpaired) electrons. The molecule has 0 N–H and O–H groups in total. The number of hydrogen-bond donors (Lipinski definition) is 0. The first-order chi connectivity index (χ1) is 10.7. The number of thiophene rings is 1. The molecule has 0 fully saturated rings. The van der Waals surface area contributed by atoms with Crippen molar-refractivity contribution in [3.63, 3.8) is 0 Å². The Kier molecular flexibility index (Phi) is 3.93. The van der Waals surface area contributed by atoms with E-state index in [1.54, 1.807) is 23.6 Å². The Labute approximate surface area is 129 Å². The fourth-order valence-electron chi connectivity index (χ4n) is 1.95. The average Bonchev–Trinajstić information content (AvgIpc) is 3.19. The van der Waals surface area contributed by atoms with E-state index in [0.29, 0.717) is 27.7 Å². The van der Waals surface area contributed by atoms with E-state index in [4.69, 9.17) is 13.9 Å². The van der Waals surface area contributed by atoms with Crippen molar-refractivity contribution in [3.8, 4) is 22.8 Å². The van der Waals surface area contributed by atoms with Gasteiger partial charge < -0.3 is 13.9 Å². The molecule has 112 valence electrons. The quantitative estimate of drug-likeness (QED) is 0.653. The first-order valence-electron chi connectivity index (χ1n) is 6.36. The summed E-state index contributed by atoms with van der Waals surface area (Å²) in [6.45, 7) is 0. The number of carbonyl (C=O) groups excluding carboxylic acids is 1. The van der Waals surface area contributed by atoms with E-state index in [-0.39, 0.29) is 0 Å². The molecule has 0 aliphatic heterocycles. The lowest BCUT2D eigenvalue weighted by molar-refractivity contribution is 0.0604. The van der Waals surface area contributed by atoms with Crippen LogP contribution in [0.25, 0.3) is 11.3 Å². The summed E-state index contributed by atoms with van der Waals surface area (Å²) < 4.78 is 29.3. The lowest BCUT2D eigenvalue weighted by Crippen LogP contribution is -2.00. The van der Waals surface area contributed by atoms with Crippen LogP contribution in [0.3, 0.4) is 0 Å². The molecule has 4 nitrogen and oxygen atoms in total. The zero-order valence-corrected chi connectivity index (χ0v) is 12.4. The monoisotopic (exact) mass is 318 g/mol. The first-order valence-corrected chi connectivity index (χ1v) is 7.24. The summed E-state index contributed by atoms with van der Waals surface area (Å²) in [7, 11) is 1.30. The van der Waals surface area contributed by atoms with Crippen molar-refractivity contribution in [2.75, 3.05) is 7.11 Å². The van der Waals surface area contributed by atoms with Gasteiger partial charge in [0.25, 0.3) is 0 Å². The minimum absolute atomic E-state index is 0.345. The summed E-state index contributed by atoms with van der Waals surface area (Å²) in [6, 6.07) is 9.16. The average molecular weight is 318 g/mol. The molecule has 3 rings (SSSR count). The van der Waals surface area contributed by atoms with Crippen LogP contribution in [0, 0.1) is 5.82 Å². The second kappa shape index (κ2) is 6.03. The van der Waals surface area contributed by atoms with Crippen LogP contribution in [0.5, 0.6) is 11.5 Å². The zero-order valence-electron chi connectivity index (χ0n) is 11.5. The standard InChI is InChI=1S/C16H11FO4S/c1-19-16(18)15-14(6-8-22-15)21-13-5-4-10(17)9-11(13)12-3-2-7-20-12/h2-9H,1H3. The van der Waals surface area contributed by atoms with Gasteiger partial charge in [0.05, 0.1) is 18.9 Å². The van der Waals surface area contributed by atoms with Gasteiger partial charge in [-0.3, -0.25) is 0 Å². The minimum atomic E-state index is -0.480. The van der Waals surface area contributed by atoms with Gasteiger partial charge >= 0.3 is 5.97 Å². The summed E-state index contributed by atoms with van der Waals surface area (Å²) >= 11 is 1.21. The summed E-state index contributed by atoms with van der Waals surface area (Å²) in [4.78, 5) is 12.0. The van der Waals surface area contributed by atoms with Crippen LogP contribution in [0.15, 0.2) is 52.5 Å². The number of ether oxygens (including phenoxy) is 2. The zero-order chi connectivity index (χ0) is 15.5. The van der Waals surface area contributed by atoms with E-state index >= 15 is 0 Å². The Morgan fingerprint density at radius 3 is 2.82 bits per heavy atom. The molecule has 0 spiro atoms. The third kappa shape index (κ3) is 2.73. The van der Waals surface area contributed by atoms with E-state index in [1.165, 1.54) is 42.9 Å².